The quantitative estimate of drug-likeness (QED) is 0.830. The predicted molar refractivity (Wildman–Crippen MR) is 76.4 cm³/mol. The van der Waals surface area contributed by atoms with Crippen LogP contribution in [0.4, 0.5) is 4.39 Å². The van der Waals surface area contributed by atoms with Gasteiger partial charge in [0.05, 0.1) is 11.6 Å². The number of nitrogens with zero attached hydrogens (tertiary/aromatic N) is 1. The van der Waals surface area contributed by atoms with Crippen molar-refractivity contribution in [1.29, 1.82) is 0 Å². The average molecular weight is 286 g/mol. The molecule has 1 aromatic rings. The summed E-state index contributed by atoms with van der Waals surface area (Å²) in [6.07, 6.45) is 3.37. The molecule has 0 spiro atoms. The van der Waals surface area contributed by atoms with E-state index in [1.54, 1.807) is 6.07 Å². The van der Waals surface area contributed by atoms with Crippen molar-refractivity contribution in [2.24, 2.45) is 5.41 Å². The van der Waals surface area contributed by atoms with Gasteiger partial charge >= 0.3 is 0 Å². The highest BCUT2D eigenvalue weighted by Crippen LogP contribution is 2.36. The summed E-state index contributed by atoms with van der Waals surface area (Å²) in [7, 11) is 2.15. The lowest BCUT2D eigenvalue weighted by Crippen LogP contribution is -2.41. The van der Waals surface area contributed by atoms with Gasteiger partial charge < -0.3 is 9.64 Å². The molecule has 106 valence electrons. The zero-order valence-corrected chi connectivity index (χ0v) is 12.3. The third-order valence-electron chi connectivity index (χ3n) is 4.23. The zero-order chi connectivity index (χ0) is 13.9. The summed E-state index contributed by atoms with van der Waals surface area (Å²) in [6, 6.07) is 4.29. The molecule has 1 saturated heterocycles. The van der Waals surface area contributed by atoms with E-state index in [1.165, 1.54) is 12.1 Å². The Morgan fingerprint density at radius 1 is 1.37 bits per heavy atom. The largest absolute Gasteiger partial charge is 0.491 e. The summed E-state index contributed by atoms with van der Waals surface area (Å²) in [4.78, 5) is 2.35. The maximum atomic E-state index is 13.0. The van der Waals surface area contributed by atoms with Gasteiger partial charge in [-0.1, -0.05) is 18.5 Å². The van der Waals surface area contributed by atoms with Gasteiger partial charge in [0.15, 0.2) is 0 Å². The summed E-state index contributed by atoms with van der Waals surface area (Å²) in [5.74, 6) is 0.247. The van der Waals surface area contributed by atoms with Gasteiger partial charge in [0.25, 0.3) is 0 Å². The molecule has 0 saturated carbocycles. The van der Waals surface area contributed by atoms with Crippen LogP contribution in [0.25, 0.3) is 0 Å². The fourth-order valence-electron chi connectivity index (χ4n) is 2.52. The van der Waals surface area contributed by atoms with Crippen LogP contribution in [0.1, 0.15) is 26.2 Å². The highest BCUT2D eigenvalue weighted by molar-refractivity contribution is 6.32. The van der Waals surface area contributed by atoms with Crippen LogP contribution in [0.5, 0.6) is 5.75 Å². The van der Waals surface area contributed by atoms with Crippen LogP contribution in [0.2, 0.25) is 5.02 Å². The molecule has 4 heteroatoms. The number of likely N-dealkylation sites (tertiary alicyclic amines) is 1. The van der Waals surface area contributed by atoms with Gasteiger partial charge in [-0.15, -0.1) is 0 Å². The first-order chi connectivity index (χ1) is 9.04. The lowest BCUT2D eigenvalue weighted by Gasteiger charge is -2.39. The summed E-state index contributed by atoms with van der Waals surface area (Å²) in [6.45, 7) is 5.08. The Balaban J connectivity index is 2.00. The van der Waals surface area contributed by atoms with Crippen LogP contribution < -0.4 is 4.74 Å². The molecule has 0 aliphatic carbocycles. The molecule has 0 unspecified atom stereocenters. The third-order valence-corrected chi connectivity index (χ3v) is 4.52. The SMILES string of the molecule is CCC1(COc2ccc(F)cc2Cl)CCN(C)CC1. The highest BCUT2D eigenvalue weighted by Gasteiger charge is 2.32. The second-order valence-electron chi connectivity index (χ2n) is 5.52. The second kappa shape index (κ2) is 6.10. The molecule has 1 heterocycles. The molecule has 1 aliphatic rings. The molecule has 1 fully saturated rings. The van der Waals surface area contributed by atoms with Crippen molar-refractivity contribution in [3.8, 4) is 5.75 Å². The first-order valence-electron chi connectivity index (χ1n) is 6.81. The fraction of sp³-hybridized carbons (Fsp3) is 0.600. The predicted octanol–water partition coefficient (Wildman–Crippen LogP) is 3.98. The Bertz CT molecular complexity index is 430. The van der Waals surface area contributed by atoms with E-state index in [4.69, 9.17) is 16.3 Å². The van der Waals surface area contributed by atoms with Crippen molar-refractivity contribution in [1.82, 2.24) is 4.90 Å². The molecular weight excluding hydrogens is 265 g/mol. The summed E-state index contributed by atoms with van der Waals surface area (Å²) in [5.41, 5.74) is 0.226. The van der Waals surface area contributed by atoms with Crippen LogP contribution in [0, 0.1) is 11.2 Å². The number of piperidine rings is 1. The monoisotopic (exact) mass is 285 g/mol. The molecule has 0 radical (unpaired) electrons. The molecule has 0 bridgehead atoms. The van der Waals surface area contributed by atoms with Crippen molar-refractivity contribution >= 4 is 11.6 Å². The van der Waals surface area contributed by atoms with Crippen molar-refractivity contribution in [3.63, 3.8) is 0 Å². The molecule has 0 amide bonds. The van der Waals surface area contributed by atoms with Crippen LogP contribution in [-0.2, 0) is 0 Å². The van der Waals surface area contributed by atoms with E-state index in [0.717, 1.165) is 32.4 Å². The number of rotatable bonds is 4. The van der Waals surface area contributed by atoms with Crippen molar-refractivity contribution < 1.29 is 9.13 Å². The van der Waals surface area contributed by atoms with Gasteiger partial charge in [0.2, 0.25) is 0 Å². The maximum absolute atomic E-state index is 13.0. The minimum absolute atomic E-state index is 0.226. The first-order valence-corrected chi connectivity index (χ1v) is 7.19. The van der Waals surface area contributed by atoms with Gasteiger partial charge in [-0.3, -0.25) is 0 Å². The number of benzene rings is 1. The topological polar surface area (TPSA) is 12.5 Å². The van der Waals surface area contributed by atoms with Crippen LogP contribution in [0.3, 0.4) is 0 Å². The Morgan fingerprint density at radius 2 is 2.05 bits per heavy atom. The van der Waals surface area contributed by atoms with E-state index in [-0.39, 0.29) is 11.2 Å². The van der Waals surface area contributed by atoms with E-state index in [1.807, 2.05) is 0 Å². The van der Waals surface area contributed by atoms with Crippen LogP contribution in [-0.4, -0.2) is 31.6 Å². The molecule has 0 aromatic heterocycles. The average Bonchev–Trinajstić information content (AvgIpc) is 2.40. The van der Waals surface area contributed by atoms with E-state index in [0.29, 0.717) is 17.4 Å². The second-order valence-corrected chi connectivity index (χ2v) is 5.93. The molecule has 1 aromatic carbocycles. The minimum Gasteiger partial charge on any atom is -0.491 e. The Labute approximate surface area is 119 Å². The fourth-order valence-corrected chi connectivity index (χ4v) is 2.74. The van der Waals surface area contributed by atoms with Crippen LogP contribution in [0.15, 0.2) is 18.2 Å². The lowest BCUT2D eigenvalue weighted by atomic mass is 9.77. The molecule has 1 aliphatic heterocycles. The molecule has 2 nitrogen and oxygen atoms in total. The Kier molecular flexibility index (Phi) is 4.69. The van der Waals surface area contributed by atoms with E-state index >= 15 is 0 Å². The third kappa shape index (κ3) is 3.61. The molecule has 0 atom stereocenters. The van der Waals surface area contributed by atoms with Gasteiger partial charge in [0.1, 0.15) is 11.6 Å². The number of halogens is 2. The summed E-state index contributed by atoms with van der Waals surface area (Å²) >= 11 is 5.99. The van der Waals surface area contributed by atoms with Crippen molar-refractivity contribution in [2.45, 2.75) is 26.2 Å². The van der Waals surface area contributed by atoms with Gasteiger partial charge in [0, 0.05) is 5.41 Å². The molecular formula is C15H21ClFNO. The maximum Gasteiger partial charge on any atom is 0.138 e. The standard InChI is InChI=1S/C15H21ClFNO/c1-3-15(6-8-18(2)9-7-15)11-19-14-5-4-12(17)10-13(14)16/h4-5,10H,3,6-9,11H2,1-2H3. The van der Waals surface area contributed by atoms with Crippen LogP contribution >= 0.6 is 11.6 Å². The Morgan fingerprint density at radius 3 is 2.63 bits per heavy atom. The number of hydrogen-bond donors (Lipinski definition) is 0. The molecule has 0 N–H and O–H groups in total. The van der Waals surface area contributed by atoms with Crippen molar-refractivity contribution in [3.05, 3.63) is 29.0 Å². The first kappa shape index (κ1) is 14.6. The normalized spacial score (nSPS) is 19.4. The van der Waals surface area contributed by atoms with E-state index < -0.39 is 0 Å². The lowest BCUT2D eigenvalue weighted by molar-refractivity contribution is 0.0608. The van der Waals surface area contributed by atoms with E-state index in [2.05, 4.69) is 18.9 Å². The smallest absolute Gasteiger partial charge is 0.138 e. The van der Waals surface area contributed by atoms with Gasteiger partial charge in [-0.2, -0.15) is 0 Å². The zero-order valence-electron chi connectivity index (χ0n) is 11.6. The summed E-state index contributed by atoms with van der Waals surface area (Å²) < 4.78 is 18.8. The number of hydrogen-bond acceptors (Lipinski definition) is 2. The minimum atomic E-state index is -0.332. The van der Waals surface area contributed by atoms with E-state index in [9.17, 15) is 4.39 Å². The molecule has 19 heavy (non-hydrogen) atoms. The van der Waals surface area contributed by atoms with Crippen molar-refractivity contribution in [2.75, 3.05) is 26.7 Å². The Hall–Kier alpha value is -0.800. The van der Waals surface area contributed by atoms with Gasteiger partial charge in [-0.05, 0) is 57.6 Å². The highest BCUT2D eigenvalue weighted by atomic mass is 35.5. The molecule has 2 rings (SSSR count). The number of ether oxygens (including phenoxy) is 1. The summed E-state index contributed by atoms with van der Waals surface area (Å²) in [5, 5.41) is 0.346. The van der Waals surface area contributed by atoms with Gasteiger partial charge in [-0.25, -0.2) is 4.39 Å².